The van der Waals surface area contributed by atoms with Crippen molar-refractivity contribution in [1.82, 2.24) is 5.32 Å². The Bertz CT molecular complexity index is 789. The molecule has 0 aromatic heterocycles. The molecule has 2 rings (SSSR count). The summed E-state index contributed by atoms with van der Waals surface area (Å²) in [6, 6.07) is 7.76. The molecule has 28 heavy (non-hydrogen) atoms. The zero-order valence-electron chi connectivity index (χ0n) is 15.8. The highest BCUT2D eigenvalue weighted by Gasteiger charge is 2.30. The van der Waals surface area contributed by atoms with Gasteiger partial charge in [0.1, 0.15) is 0 Å². The molecule has 0 bridgehead atoms. The Hall–Kier alpha value is -2.68. The molecule has 1 fully saturated rings. The summed E-state index contributed by atoms with van der Waals surface area (Å²) in [5.74, 6) is -1.87. The molecule has 1 N–H and O–H groups in total. The van der Waals surface area contributed by atoms with Crippen LogP contribution < -0.4 is 10.4 Å². The van der Waals surface area contributed by atoms with Crippen LogP contribution in [0.4, 0.5) is 0 Å². The SMILES string of the molecule is CCOC(=O)CCCc1ccc(/C(C)=N\N=C2/NC(=O)[C@H](CC(=O)[O-])S2)cc1. The van der Waals surface area contributed by atoms with Crippen LogP contribution in [0, 0.1) is 0 Å². The molecular formula is C19H22N3O5S-. The van der Waals surface area contributed by atoms with Crippen molar-refractivity contribution < 1.29 is 24.2 Å². The summed E-state index contributed by atoms with van der Waals surface area (Å²) in [5, 5.41) is 20.7. The number of amidine groups is 1. The molecule has 1 aromatic carbocycles. The summed E-state index contributed by atoms with van der Waals surface area (Å²) in [4.78, 5) is 33.6. The monoisotopic (exact) mass is 404 g/mol. The second-order valence-electron chi connectivity index (χ2n) is 6.12. The molecule has 1 aliphatic heterocycles. The van der Waals surface area contributed by atoms with Gasteiger partial charge >= 0.3 is 5.97 Å². The van der Waals surface area contributed by atoms with Gasteiger partial charge in [0, 0.05) is 18.8 Å². The number of esters is 1. The normalized spacial score (nSPS) is 18.2. The van der Waals surface area contributed by atoms with E-state index in [-0.39, 0.29) is 17.6 Å². The van der Waals surface area contributed by atoms with Gasteiger partial charge in [0.05, 0.1) is 17.6 Å². The fourth-order valence-electron chi connectivity index (χ4n) is 2.50. The average molecular weight is 404 g/mol. The molecule has 150 valence electrons. The van der Waals surface area contributed by atoms with Gasteiger partial charge in [-0.3, -0.25) is 9.59 Å². The topological polar surface area (TPSA) is 120 Å². The van der Waals surface area contributed by atoms with E-state index in [1.54, 1.807) is 13.8 Å². The van der Waals surface area contributed by atoms with E-state index in [1.165, 1.54) is 0 Å². The highest BCUT2D eigenvalue weighted by atomic mass is 32.2. The maximum absolute atomic E-state index is 11.7. The van der Waals surface area contributed by atoms with E-state index in [2.05, 4.69) is 15.5 Å². The van der Waals surface area contributed by atoms with E-state index in [9.17, 15) is 19.5 Å². The zero-order valence-corrected chi connectivity index (χ0v) is 16.6. The Morgan fingerprint density at radius 2 is 2.00 bits per heavy atom. The molecule has 1 heterocycles. The van der Waals surface area contributed by atoms with Gasteiger partial charge < -0.3 is 20.0 Å². The van der Waals surface area contributed by atoms with Crippen LogP contribution >= 0.6 is 11.8 Å². The summed E-state index contributed by atoms with van der Waals surface area (Å²) < 4.78 is 4.90. The third kappa shape index (κ3) is 6.80. The van der Waals surface area contributed by atoms with Crippen molar-refractivity contribution in [3.63, 3.8) is 0 Å². The first-order valence-corrected chi connectivity index (χ1v) is 9.81. The van der Waals surface area contributed by atoms with Crippen LogP contribution in [0.25, 0.3) is 0 Å². The van der Waals surface area contributed by atoms with Gasteiger partial charge in [-0.15, -0.1) is 5.10 Å². The van der Waals surface area contributed by atoms with E-state index in [1.807, 2.05) is 24.3 Å². The third-order valence-corrected chi connectivity index (χ3v) is 5.01. The molecule has 9 heteroatoms. The summed E-state index contributed by atoms with van der Waals surface area (Å²) in [7, 11) is 0. The Kier molecular flexibility index (Phi) is 8.19. The number of rotatable bonds is 9. The standard InChI is InChI=1S/C19H23N3O5S/c1-3-27-17(25)6-4-5-13-7-9-14(10-8-13)12(2)21-22-19-20-18(26)15(28-19)11-16(23)24/h7-10,15H,3-6,11H2,1-2H3,(H,23,24)(H,20,22,26)/p-1/b21-12-/t15-/m0/s1. The summed E-state index contributed by atoms with van der Waals surface area (Å²) in [6.45, 7) is 3.98. The number of carboxylic acids is 1. The van der Waals surface area contributed by atoms with E-state index in [0.29, 0.717) is 18.7 Å². The molecule has 1 amide bonds. The number of nitrogens with one attached hydrogen (secondary N) is 1. The quantitative estimate of drug-likeness (QED) is 0.373. The first-order chi connectivity index (χ1) is 13.4. The fraction of sp³-hybridized carbons (Fsp3) is 0.421. The van der Waals surface area contributed by atoms with Crippen molar-refractivity contribution >= 4 is 40.5 Å². The largest absolute Gasteiger partial charge is 0.550 e. The smallest absolute Gasteiger partial charge is 0.305 e. The predicted octanol–water partition coefficient (Wildman–Crippen LogP) is 1.02. The van der Waals surface area contributed by atoms with Crippen molar-refractivity contribution in [2.75, 3.05) is 6.61 Å². The third-order valence-electron chi connectivity index (χ3n) is 3.94. The molecule has 0 saturated carbocycles. The van der Waals surface area contributed by atoms with Gasteiger partial charge in [-0.1, -0.05) is 36.0 Å². The van der Waals surface area contributed by atoms with E-state index < -0.39 is 17.1 Å². The molecule has 8 nitrogen and oxygen atoms in total. The number of benzene rings is 1. The van der Waals surface area contributed by atoms with Gasteiger partial charge in [-0.25, -0.2) is 0 Å². The van der Waals surface area contributed by atoms with Gasteiger partial charge in [0.15, 0.2) is 5.17 Å². The van der Waals surface area contributed by atoms with Crippen LogP contribution in [0.5, 0.6) is 0 Å². The lowest BCUT2D eigenvalue weighted by Crippen LogP contribution is -2.31. The highest BCUT2D eigenvalue weighted by Crippen LogP contribution is 2.22. The number of carbonyl (C=O) groups excluding carboxylic acids is 3. The number of thioether (sulfide) groups is 1. The van der Waals surface area contributed by atoms with Crippen molar-refractivity contribution in [2.24, 2.45) is 10.2 Å². The first kappa shape index (κ1) is 21.6. The number of hydrogen-bond donors (Lipinski definition) is 1. The fourth-order valence-corrected chi connectivity index (χ4v) is 3.40. The summed E-state index contributed by atoms with van der Waals surface area (Å²) in [6.07, 6.45) is 1.54. The minimum absolute atomic E-state index is 0.181. The van der Waals surface area contributed by atoms with Gasteiger partial charge in [0.2, 0.25) is 5.91 Å². The van der Waals surface area contributed by atoms with Crippen LogP contribution in [0.2, 0.25) is 0 Å². The van der Waals surface area contributed by atoms with Crippen LogP contribution in [0.15, 0.2) is 34.5 Å². The van der Waals surface area contributed by atoms with Crippen molar-refractivity contribution in [3.05, 3.63) is 35.4 Å². The predicted molar refractivity (Wildman–Crippen MR) is 105 cm³/mol. The number of aliphatic carboxylic acids is 1. The lowest BCUT2D eigenvalue weighted by atomic mass is 10.0. The average Bonchev–Trinajstić information content (AvgIpc) is 2.99. The maximum Gasteiger partial charge on any atom is 0.305 e. The Morgan fingerprint density at radius 3 is 2.64 bits per heavy atom. The number of carbonyl (C=O) groups is 3. The van der Waals surface area contributed by atoms with E-state index >= 15 is 0 Å². The molecule has 1 saturated heterocycles. The van der Waals surface area contributed by atoms with Gasteiger partial charge in [-0.2, -0.15) is 5.10 Å². The zero-order chi connectivity index (χ0) is 20.5. The van der Waals surface area contributed by atoms with Crippen molar-refractivity contribution in [2.45, 2.75) is 44.8 Å². The number of ether oxygens (including phenoxy) is 1. The van der Waals surface area contributed by atoms with Crippen molar-refractivity contribution in [3.8, 4) is 0 Å². The highest BCUT2D eigenvalue weighted by molar-refractivity contribution is 8.15. The first-order valence-electron chi connectivity index (χ1n) is 8.93. The summed E-state index contributed by atoms with van der Waals surface area (Å²) >= 11 is 1.03. The minimum atomic E-state index is -1.28. The molecule has 1 aromatic rings. The molecule has 0 spiro atoms. The molecular weight excluding hydrogens is 382 g/mol. The number of aryl methyl sites for hydroxylation is 1. The second kappa shape index (κ2) is 10.6. The van der Waals surface area contributed by atoms with Crippen LogP contribution in [-0.2, 0) is 25.5 Å². The Morgan fingerprint density at radius 1 is 1.29 bits per heavy atom. The lowest BCUT2D eigenvalue weighted by Gasteiger charge is -2.04. The minimum Gasteiger partial charge on any atom is -0.550 e. The van der Waals surface area contributed by atoms with Crippen LogP contribution in [0.1, 0.15) is 44.2 Å². The maximum atomic E-state index is 11.7. The van der Waals surface area contributed by atoms with Gasteiger partial charge in [0.25, 0.3) is 0 Å². The number of nitrogens with zero attached hydrogens (tertiary/aromatic N) is 2. The van der Waals surface area contributed by atoms with Crippen molar-refractivity contribution in [1.29, 1.82) is 0 Å². The molecule has 0 radical (unpaired) electrons. The van der Waals surface area contributed by atoms with Gasteiger partial charge in [-0.05, 0) is 37.8 Å². The molecule has 0 unspecified atom stereocenters. The Labute approximate surface area is 167 Å². The van der Waals surface area contributed by atoms with Crippen LogP contribution in [0.3, 0.4) is 0 Å². The number of carboxylic acid groups (broad SMARTS) is 1. The lowest BCUT2D eigenvalue weighted by molar-refractivity contribution is -0.305. The van der Waals surface area contributed by atoms with E-state index in [4.69, 9.17) is 4.74 Å². The number of amides is 1. The molecule has 0 aliphatic carbocycles. The second-order valence-corrected chi connectivity index (χ2v) is 7.31. The van der Waals surface area contributed by atoms with Crippen LogP contribution in [-0.4, -0.2) is 40.6 Å². The van der Waals surface area contributed by atoms with E-state index in [0.717, 1.165) is 35.7 Å². The summed E-state index contributed by atoms with van der Waals surface area (Å²) in [5.41, 5.74) is 2.64. The molecule has 1 aliphatic rings. The molecule has 1 atom stereocenters. The Balaban J connectivity index is 1.90. The number of hydrogen-bond acceptors (Lipinski definition) is 8.